The fourth-order valence-corrected chi connectivity index (χ4v) is 3.28. The van der Waals surface area contributed by atoms with E-state index in [2.05, 4.69) is 38.4 Å². The summed E-state index contributed by atoms with van der Waals surface area (Å²) < 4.78 is 5.24. The van der Waals surface area contributed by atoms with Crippen molar-refractivity contribution in [2.24, 2.45) is 4.99 Å². The van der Waals surface area contributed by atoms with Gasteiger partial charge in [-0.2, -0.15) is 0 Å². The minimum absolute atomic E-state index is 0. The van der Waals surface area contributed by atoms with Crippen molar-refractivity contribution in [1.82, 2.24) is 15.2 Å². The normalized spacial score (nSPS) is 16.9. The Kier molecular flexibility index (Phi) is 8.15. The summed E-state index contributed by atoms with van der Waals surface area (Å²) in [5.41, 5.74) is 2.47. The molecule has 6 heteroatoms. The molecule has 0 aliphatic carbocycles. The third-order valence-corrected chi connectivity index (χ3v) is 4.68. The molecule has 5 nitrogen and oxygen atoms in total. The van der Waals surface area contributed by atoms with E-state index in [1.807, 2.05) is 37.5 Å². The summed E-state index contributed by atoms with van der Waals surface area (Å²) >= 11 is 0. The van der Waals surface area contributed by atoms with Gasteiger partial charge in [0.05, 0.1) is 7.11 Å². The van der Waals surface area contributed by atoms with Crippen molar-refractivity contribution >= 4 is 29.9 Å². The summed E-state index contributed by atoms with van der Waals surface area (Å²) in [6, 6.07) is 14.4. The maximum absolute atomic E-state index is 5.24. The lowest BCUT2D eigenvalue weighted by Crippen LogP contribution is -2.40. The molecule has 1 N–H and O–H groups in total. The summed E-state index contributed by atoms with van der Waals surface area (Å²) in [6.45, 7) is 2.86. The second-order valence-corrected chi connectivity index (χ2v) is 6.25. The third kappa shape index (κ3) is 5.33. The number of benzene rings is 1. The number of likely N-dealkylation sites (tertiary alicyclic amines) is 1. The summed E-state index contributed by atoms with van der Waals surface area (Å²) in [4.78, 5) is 11.1. The van der Waals surface area contributed by atoms with Crippen LogP contribution in [0.3, 0.4) is 0 Å². The number of aliphatic imine (C=N–C) groups is 1. The van der Waals surface area contributed by atoms with Crippen molar-refractivity contribution in [3.63, 3.8) is 0 Å². The monoisotopic (exact) mass is 466 g/mol. The topological polar surface area (TPSA) is 49.8 Å². The second-order valence-electron chi connectivity index (χ2n) is 6.25. The van der Waals surface area contributed by atoms with Crippen LogP contribution in [0.25, 0.3) is 0 Å². The highest BCUT2D eigenvalue weighted by atomic mass is 127. The zero-order valence-corrected chi connectivity index (χ0v) is 17.7. The third-order valence-electron chi connectivity index (χ3n) is 4.68. The van der Waals surface area contributed by atoms with Crippen LogP contribution in [-0.4, -0.2) is 49.6 Å². The number of methoxy groups -OCH3 is 1. The molecule has 3 rings (SSSR count). The fraction of sp³-hybridized carbons (Fsp3) is 0.400. The molecule has 140 valence electrons. The average molecular weight is 466 g/mol. The van der Waals surface area contributed by atoms with Crippen LogP contribution in [0.5, 0.6) is 5.75 Å². The van der Waals surface area contributed by atoms with E-state index in [9.17, 15) is 0 Å². The Morgan fingerprint density at radius 2 is 2.08 bits per heavy atom. The number of guanidine groups is 1. The van der Waals surface area contributed by atoms with Crippen LogP contribution in [-0.2, 0) is 6.42 Å². The van der Waals surface area contributed by atoms with Crippen molar-refractivity contribution in [3.05, 3.63) is 59.9 Å². The molecule has 2 heterocycles. The number of rotatable bonds is 5. The second kappa shape index (κ2) is 10.4. The number of nitrogens with zero attached hydrogens (tertiary/aromatic N) is 3. The molecule has 0 amide bonds. The van der Waals surface area contributed by atoms with Crippen molar-refractivity contribution in [2.45, 2.75) is 18.8 Å². The van der Waals surface area contributed by atoms with Gasteiger partial charge in [-0.3, -0.25) is 9.98 Å². The Labute approximate surface area is 172 Å². The van der Waals surface area contributed by atoms with Crippen molar-refractivity contribution in [2.75, 3.05) is 33.8 Å². The van der Waals surface area contributed by atoms with E-state index in [-0.39, 0.29) is 24.0 Å². The molecule has 1 aromatic carbocycles. The molecule has 0 radical (unpaired) electrons. The van der Waals surface area contributed by atoms with Gasteiger partial charge >= 0.3 is 0 Å². The molecule has 1 fully saturated rings. The zero-order valence-electron chi connectivity index (χ0n) is 15.4. The Bertz CT molecular complexity index is 691. The van der Waals surface area contributed by atoms with Crippen molar-refractivity contribution in [3.8, 4) is 5.75 Å². The molecule has 1 saturated heterocycles. The van der Waals surface area contributed by atoms with E-state index in [0.717, 1.165) is 49.9 Å². The summed E-state index contributed by atoms with van der Waals surface area (Å²) in [5.74, 6) is 2.43. The minimum atomic E-state index is 0. The average Bonchev–Trinajstić information content (AvgIpc) is 3.16. The van der Waals surface area contributed by atoms with Gasteiger partial charge in [-0.1, -0.05) is 18.2 Å². The molecule has 0 spiro atoms. The molecule has 2 aromatic rings. The van der Waals surface area contributed by atoms with Gasteiger partial charge in [0, 0.05) is 50.9 Å². The van der Waals surface area contributed by atoms with Crippen LogP contribution < -0.4 is 10.1 Å². The SMILES string of the molecule is CN=C(NCCc1ccccn1)N1CCC(c2ccc(OC)cc2)C1.I. The highest BCUT2D eigenvalue weighted by Gasteiger charge is 2.25. The number of pyridine rings is 1. The van der Waals surface area contributed by atoms with E-state index in [1.54, 1.807) is 7.11 Å². The first-order valence-electron chi connectivity index (χ1n) is 8.79. The Balaban J connectivity index is 0.00000243. The van der Waals surface area contributed by atoms with E-state index >= 15 is 0 Å². The molecule has 0 saturated carbocycles. The highest BCUT2D eigenvalue weighted by molar-refractivity contribution is 14.0. The van der Waals surface area contributed by atoms with Crippen molar-refractivity contribution < 1.29 is 4.74 Å². The molecule has 1 aliphatic heterocycles. The van der Waals surface area contributed by atoms with E-state index in [4.69, 9.17) is 4.74 Å². The number of aromatic nitrogens is 1. The lowest BCUT2D eigenvalue weighted by Gasteiger charge is -2.21. The van der Waals surface area contributed by atoms with Gasteiger partial charge in [0.25, 0.3) is 0 Å². The van der Waals surface area contributed by atoms with Gasteiger partial charge in [-0.15, -0.1) is 24.0 Å². The molecular weight excluding hydrogens is 439 g/mol. The molecule has 1 aromatic heterocycles. The molecule has 1 aliphatic rings. The standard InChI is InChI=1S/C20H26N4O.HI/c1-21-20(23-13-10-18-5-3-4-12-22-18)24-14-11-17(15-24)16-6-8-19(25-2)9-7-16;/h3-9,12,17H,10-11,13-15H2,1-2H3,(H,21,23);1H. The smallest absolute Gasteiger partial charge is 0.193 e. The number of ether oxygens (including phenoxy) is 1. The molecule has 0 bridgehead atoms. The van der Waals surface area contributed by atoms with E-state index in [0.29, 0.717) is 5.92 Å². The Morgan fingerprint density at radius 1 is 1.27 bits per heavy atom. The van der Waals surface area contributed by atoms with Crippen LogP contribution in [0.15, 0.2) is 53.7 Å². The van der Waals surface area contributed by atoms with E-state index < -0.39 is 0 Å². The summed E-state index contributed by atoms with van der Waals surface area (Å²) in [7, 11) is 3.55. The first-order valence-corrected chi connectivity index (χ1v) is 8.79. The Hall–Kier alpha value is -1.83. The van der Waals surface area contributed by atoms with Gasteiger partial charge in [0.1, 0.15) is 5.75 Å². The Morgan fingerprint density at radius 3 is 2.73 bits per heavy atom. The first-order chi connectivity index (χ1) is 12.3. The largest absolute Gasteiger partial charge is 0.497 e. The number of nitrogens with one attached hydrogen (secondary N) is 1. The molecule has 1 unspecified atom stereocenters. The van der Waals surface area contributed by atoms with Crippen LogP contribution in [0, 0.1) is 0 Å². The van der Waals surface area contributed by atoms with Crippen LogP contribution in [0.2, 0.25) is 0 Å². The molecule has 1 atom stereocenters. The number of hydrogen-bond donors (Lipinski definition) is 1. The van der Waals surface area contributed by atoms with Gasteiger partial charge in [0.15, 0.2) is 5.96 Å². The van der Waals surface area contributed by atoms with Crippen molar-refractivity contribution in [1.29, 1.82) is 0 Å². The predicted molar refractivity (Wildman–Crippen MR) is 117 cm³/mol. The maximum Gasteiger partial charge on any atom is 0.193 e. The van der Waals surface area contributed by atoms with Gasteiger partial charge in [0.2, 0.25) is 0 Å². The van der Waals surface area contributed by atoms with E-state index in [1.165, 1.54) is 5.56 Å². The quantitative estimate of drug-likeness (QED) is 0.418. The summed E-state index contributed by atoms with van der Waals surface area (Å²) in [6.07, 6.45) is 3.88. The van der Waals surface area contributed by atoms with Crippen LogP contribution in [0.4, 0.5) is 0 Å². The minimum Gasteiger partial charge on any atom is -0.497 e. The first kappa shape index (κ1) is 20.5. The maximum atomic E-state index is 5.24. The van der Waals surface area contributed by atoms with Crippen LogP contribution in [0.1, 0.15) is 23.6 Å². The van der Waals surface area contributed by atoms with Gasteiger partial charge in [-0.25, -0.2) is 0 Å². The van der Waals surface area contributed by atoms with Gasteiger partial charge in [-0.05, 0) is 36.2 Å². The van der Waals surface area contributed by atoms with Crippen LogP contribution >= 0.6 is 24.0 Å². The zero-order chi connectivity index (χ0) is 17.5. The predicted octanol–water partition coefficient (Wildman–Crippen LogP) is 3.32. The molecular formula is C20H27IN4O. The summed E-state index contributed by atoms with van der Waals surface area (Å²) in [5, 5.41) is 3.47. The fourth-order valence-electron chi connectivity index (χ4n) is 3.28. The number of halogens is 1. The highest BCUT2D eigenvalue weighted by Crippen LogP contribution is 2.28. The molecule has 26 heavy (non-hydrogen) atoms. The van der Waals surface area contributed by atoms with Gasteiger partial charge < -0.3 is 15.0 Å². The lowest BCUT2D eigenvalue weighted by atomic mass is 9.98. The number of hydrogen-bond acceptors (Lipinski definition) is 3. The lowest BCUT2D eigenvalue weighted by molar-refractivity contribution is 0.414.